The maximum absolute atomic E-state index is 13.4. The zero-order valence-corrected chi connectivity index (χ0v) is 10.8. The first-order valence-corrected chi connectivity index (χ1v) is 5.54. The van der Waals surface area contributed by atoms with Gasteiger partial charge in [-0.25, -0.2) is 4.39 Å². The van der Waals surface area contributed by atoms with Crippen LogP contribution in [-0.4, -0.2) is 33.7 Å². The molecule has 0 heterocycles. The number of amides is 1. The van der Waals surface area contributed by atoms with E-state index in [0.717, 1.165) is 0 Å². The molecule has 0 unspecified atom stereocenters. The number of benzene rings is 1. The van der Waals surface area contributed by atoms with Crippen molar-refractivity contribution < 1.29 is 13.9 Å². The number of rotatable bonds is 5. The molecule has 1 aromatic rings. The Hall–Kier alpha value is -1.98. The summed E-state index contributed by atoms with van der Waals surface area (Å²) < 4.78 is 18.3. The van der Waals surface area contributed by atoms with Crippen LogP contribution in [0.4, 0.5) is 15.8 Å². The second-order valence-corrected chi connectivity index (χ2v) is 3.89. The highest BCUT2D eigenvalue weighted by atomic mass is 19.1. The van der Waals surface area contributed by atoms with E-state index < -0.39 is 5.82 Å². The third-order valence-electron chi connectivity index (χ3n) is 2.67. The molecule has 0 aliphatic carbocycles. The third kappa shape index (κ3) is 3.26. The van der Waals surface area contributed by atoms with Crippen molar-refractivity contribution in [2.24, 2.45) is 0 Å². The number of nitrogens with zero attached hydrogens (tertiary/aromatic N) is 1. The van der Waals surface area contributed by atoms with Crippen molar-refractivity contribution in [2.45, 2.75) is 6.42 Å². The largest absolute Gasteiger partial charge is 0.494 e. The Morgan fingerprint density at radius 3 is 2.78 bits per heavy atom. The number of methoxy groups -OCH3 is 1. The van der Waals surface area contributed by atoms with Crippen molar-refractivity contribution in [2.75, 3.05) is 38.4 Å². The van der Waals surface area contributed by atoms with Crippen LogP contribution < -0.4 is 20.7 Å². The summed E-state index contributed by atoms with van der Waals surface area (Å²) in [5.41, 5.74) is 6.70. The topological polar surface area (TPSA) is 67.6 Å². The predicted octanol–water partition coefficient (Wildman–Crippen LogP) is 0.989. The van der Waals surface area contributed by atoms with Crippen LogP contribution >= 0.6 is 0 Å². The molecule has 5 nitrogen and oxygen atoms in total. The number of ether oxygens (including phenoxy) is 1. The van der Waals surface area contributed by atoms with Gasteiger partial charge < -0.3 is 20.7 Å². The number of carbonyl (C=O) groups is 1. The zero-order chi connectivity index (χ0) is 13.7. The van der Waals surface area contributed by atoms with Crippen molar-refractivity contribution in [3.63, 3.8) is 0 Å². The molecule has 0 saturated carbocycles. The summed E-state index contributed by atoms with van der Waals surface area (Å²) >= 11 is 0. The molecule has 3 N–H and O–H groups in total. The van der Waals surface area contributed by atoms with Crippen molar-refractivity contribution in [1.29, 1.82) is 0 Å². The highest BCUT2D eigenvalue weighted by molar-refractivity contribution is 5.77. The molecule has 0 saturated heterocycles. The average molecular weight is 255 g/mol. The minimum atomic E-state index is -0.501. The first-order valence-electron chi connectivity index (χ1n) is 5.54. The van der Waals surface area contributed by atoms with Gasteiger partial charge in [0.2, 0.25) is 5.91 Å². The van der Waals surface area contributed by atoms with E-state index in [1.54, 1.807) is 19.0 Å². The van der Waals surface area contributed by atoms with Crippen molar-refractivity contribution in [3.05, 3.63) is 17.9 Å². The van der Waals surface area contributed by atoms with E-state index in [4.69, 9.17) is 10.5 Å². The average Bonchev–Trinajstić information content (AvgIpc) is 2.35. The van der Waals surface area contributed by atoms with Gasteiger partial charge in [-0.2, -0.15) is 0 Å². The molecule has 0 fully saturated rings. The van der Waals surface area contributed by atoms with E-state index >= 15 is 0 Å². The van der Waals surface area contributed by atoms with Gasteiger partial charge in [0.25, 0.3) is 0 Å². The van der Waals surface area contributed by atoms with E-state index in [1.165, 1.54) is 19.2 Å². The Kier molecular flexibility index (Phi) is 4.76. The highest BCUT2D eigenvalue weighted by Gasteiger charge is 2.12. The number of hydrogen-bond acceptors (Lipinski definition) is 4. The first-order chi connectivity index (χ1) is 8.49. The summed E-state index contributed by atoms with van der Waals surface area (Å²) in [6, 6.07) is 2.74. The van der Waals surface area contributed by atoms with E-state index in [0.29, 0.717) is 24.3 Å². The monoisotopic (exact) mass is 255 g/mol. The molecule has 0 aromatic heterocycles. The Bertz CT molecular complexity index is 438. The van der Waals surface area contributed by atoms with Crippen molar-refractivity contribution in [3.8, 4) is 5.75 Å². The van der Waals surface area contributed by atoms with Crippen molar-refractivity contribution >= 4 is 17.3 Å². The van der Waals surface area contributed by atoms with E-state index in [9.17, 15) is 9.18 Å². The van der Waals surface area contributed by atoms with Gasteiger partial charge in [0.1, 0.15) is 0 Å². The fourth-order valence-corrected chi connectivity index (χ4v) is 1.56. The molecule has 6 heteroatoms. The van der Waals surface area contributed by atoms with Crippen LogP contribution in [0.5, 0.6) is 5.75 Å². The fraction of sp³-hybridized carbons (Fsp3) is 0.417. The quantitative estimate of drug-likeness (QED) is 0.770. The standard InChI is InChI=1S/C12H18FN3O2/c1-15-12(17)4-5-16(2)10-7-11(18-3)8(13)6-9(10)14/h6-7H,4-5,14H2,1-3H3,(H,15,17). The molecule has 1 amide bonds. The predicted molar refractivity (Wildman–Crippen MR) is 69.3 cm³/mol. The van der Waals surface area contributed by atoms with Crippen LogP contribution in [0.25, 0.3) is 0 Å². The molecule has 100 valence electrons. The van der Waals surface area contributed by atoms with Gasteiger partial charge in [-0.1, -0.05) is 0 Å². The minimum absolute atomic E-state index is 0.0606. The molecule has 1 rings (SSSR count). The summed E-state index contributed by atoms with van der Waals surface area (Å²) in [6.07, 6.45) is 0.339. The van der Waals surface area contributed by atoms with Gasteiger partial charge in [0.05, 0.1) is 18.5 Å². The summed E-state index contributed by atoms with van der Waals surface area (Å²) in [6.45, 7) is 0.485. The number of nitrogen functional groups attached to an aromatic ring is 1. The van der Waals surface area contributed by atoms with E-state index in [1.807, 2.05) is 0 Å². The number of nitrogens with one attached hydrogen (secondary N) is 1. The molecule has 0 atom stereocenters. The molecule has 18 heavy (non-hydrogen) atoms. The Balaban J connectivity index is 2.84. The number of hydrogen-bond donors (Lipinski definition) is 2. The van der Waals surface area contributed by atoms with Gasteiger partial charge in [0, 0.05) is 39.2 Å². The zero-order valence-electron chi connectivity index (χ0n) is 10.8. The lowest BCUT2D eigenvalue weighted by molar-refractivity contribution is -0.120. The number of nitrogens with two attached hydrogens (primary N) is 1. The SMILES string of the molecule is CNC(=O)CCN(C)c1cc(OC)c(F)cc1N. The van der Waals surface area contributed by atoms with Crippen LogP contribution in [0, 0.1) is 5.82 Å². The van der Waals surface area contributed by atoms with Crippen LogP contribution in [0.2, 0.25) is 0 Å². The molecule has 0 spiro atoms. The van der Waals surface area contributed by atoms with Crippen molar-refractivity contribution in [1.82, 2.24) is 5.32 Å². The van der Waals surface area contributed by atoms with E-state index in [-0.39, 0.29) is 11.7 Å². The second-order valence-electron chi connectivity index (χ2n) is 3.89. The van der Waals surface area contributed by atoms with Crippen LogP contribution in [0.1, 0.15) is 6.42 Å². The second kappa shape index (κ2) is 6.09. The van der Waals surface area contributed by atoms with Gasteiger partial charge in [-0.05, 0) is 0 Å². The number of halogens is 1. The lowest BCUT2D eigenvalue weighted by Crippen LogP contribution is -2.26. The van der Waals surface area contributed by atoms with Gasteiger partial charge in [0.15, 0.2) is 11.6 Å². The molecule has 1 aromatic carbocycles. The highest BCUT2D eigenvalue weighted by Crippen LogP contribution is 2.30. The smallest absolute Gasteiger partial charge is 0.221 e. The normalized spacial score (nSPS) is 10.0. The summed E-state index contributed by atoms with van der Waals surface area (Å²) in [4.78, 5) is 12.9. The first kappa shape index (κ1) is 14.1. The minimum Gasteiger partial charge on any atom is -0.494 e. The van der Waals surface area contributed by atoms with E-state index in [2.05, 4.69) is 5.32 Å². The number of anilines is 2. The molecule has 0 aliphatic heterocycles. The van der Waals surface area contributed by atoms with Gasteiger partial charge in [-0.15, -0.1) is 0 Å². The Morgan fingerprint density at radius 1 is 1.56 bits per heavy atom. The van der Waals surface area contributed by atoms with Crippen LogP contribution in [0.3, 0.4) is 0 Å². The number of carbonyl (C=O) groups excluding carboxylic acids is 1. The molecule has 0 bridgehead atoms. The summed E-state index contributed by atoms with van der Waals surface area (Å²) in [7, 11) is 4.76. The lowest BCUT2D eigenvalue weighted by Gasteiger charge is -2.21. The lowest BCUT2D eigenvalue weighted by atomic mass is 10.2. The molecule has 0 aliphatic rings. The Labute approximate surface area is 106 Å². The summed E-state index contributed by atoms with van der Waals surface area (Å²) in [5, 5.41) is 2.54. The molecular weight excluding hydrogens is 237 g/mol. The maximum atomic E-state index is 13.4. The van der Waals surface area contributed by atoms with Crippen LogP contribution in [-0.2, 0) is 4.79 Å². The third-order valence-corrected chi connectivity index (χ3v) is 2.67. The molecule has 0 radical (unpaired) electrons. The fourth-order valence-electron chi connectivity index (χ4n) is 1.56. The molecular formula is C12H18FN3O2. The van der Waals surface area contributed by atoms with Gasteiger partial charge >= 0.3 is 0 Å². The van der Waals surface area contributed by atoms with Crippen LogP contribution in [0.15, 0.2) is 12.1 Å². The Morgan fingerprint density at radius 2 is 2.22 bits per heavy atom. The summed E-state index contributed by atoms with van der Waals surface area (Å²) in [5.74, 6) is -0.432. The van der Waals surface area contributed by atoms with Gasteiger partial charge in [-0.3, -0.25) is 4.79 Å². The maximum Gasteiger partial charge on any atom is 0.221 e.